The standard InChI is InChI=1S/C22H26N2O3/c1-27-22(26)19-7-6-8-20(15-19)23-21(25)18-11-9-17(10-12-18)16-24-13-4-2-3-5-14-24/h6-12,15H,2-5,13-14,16H2,1H3,(H,23,25). The summed E-state index contributed by atoms with van der Waals surface area (Å²) >= 11 is 0. The molecule has 0 bridgehead atoms. The first-order chi connectivity index (χ1) is 13.2. The Hall–Kier alpha value is -2.66. The van der Waals surface area contributed by atoms with Gasteiger partial charge in [-0.05, 0) is 61.8 Å². The van der Waals surface area contributed by atoms with E-state index in [2.05, 4.69) is 10.2 Å². The summed E-state index contributed by atoms with van der Waals surface area (Å²) in [4.78, 5) is 26.6. The Balaban J connectivity index is 1.61. The van der Waals surface area contributed by atoms with Crippen LogP contribution in [0.5, 0.6) is 0 Å². The molecule has 1 aliphatic heterocycles. The third kappa shape index (κ3) is 5.41. The third-order valence-corrected chi connectivity index (χ3v) is 4.86. The van der Waals surface area contributed by atoms with Crippen LogP contribution in [0.25, 0.3) is 0 Å². The van der Waals surface area contributed by atoms with Crippen molar-refractivity contribution in [3.8, 4) is 0 Å². The van der Waals surface area contributed by atoms with E-state index in [0.29, 0.717) is 16.8 Å². The molecule has 0 saturated carbocycles. The van der Waals surface area contributed by atoms with E-state index in [4.69, 9.17) is 4.74 Å². The maximum absolute atomic E-state index is 12.5. The normalized spacial score (nSPS) is 15.0. The quantitative estimate of drug-likeness (QED) is 0.810. The number of ether oxygens (including phenoxy) is 1. The molecule has 1 fully saturated rings. The number of anilines is 1. The van der Waals surface area contributed by atoms with Crippen LogP contribution in [0.4, 0.5) is 5.69 Å². The molecule has 1 saturated heterocycles. The molecular formula is C22H26N2O3. The molecule has 1 amide bonds. The molecule has 0 radical (unpaired) electrons. The van der Waals surface area contributed by atoms with E-state index in [1.54, 1.807) is 24.3 Å². The average molecular weight is 366 g/mol. The van der Waals surface area contributed by atoms with E-state index in [-0.39, 0.29) is 5.91 Å². The summed E-state index contributed by atoms with van der Waals surface area (Å²) in [6.07, 6.45) is 5.19. The number of likely N-dealkylation sites (tertiary alicyclic amines) is 1. The first kappa shape index (κ1) is 19.1. The molecule has 3 rings (SSSR count). The van der Waals surface area contributed by atoms with Crippen molar-refractivity contribution in [1.29, 1.82) is 0 Å². The highest BCUT2D eigenvalue weighted by atomic mass is 16.5. The lowest BCUT2D eigenvalue weighted by Gasteiger charge is -2.19. The Morgan fingerprint density at radius 2 is 1.67 bits per heavy atom. The number of esters is 1. The zero-order valence-electron chi connectivity index (χ0n) is 15.7. The van der Waals surface area contributed by atoms with Crippen LogP contribution in [0.15, 0.2) is 48.5 Å². The highest BCUT2D eigenvalue weighted by molar-refractivity contribution is 6.04. The van der Waals surface area contributed by atoms with Gasteiger partial charge in [-0.15, -0.1) is 0 Å². The average Bonchev–Trinajstić information content (AvgIpc) is 2.97. The Bertz CT molecular complexity index is 778. The molecule has 0 spiro atoms. The minimum Gasteiger partial charge on any atom is -0.465 e. The molecule has 0 aromatic heterocycles. The molecule has 2 aromatic carbocycles. The maximum Gasteiger partial charge on any atom is 0.337 e. The van der Waals surface area contributed by atoms with Crippen LogP contribution in [-0.4, -0.2) is 37.0 Å². The van der Waals surface area contributed by atoms with Crippen LogP contribution in [0.1, 0.15) is 52.0 Å². The van der Waals surface area contributed by atoms with Crippen molar-refractivity contribution in [3.63, 3.8) is 0 Å². The summed E-state index contributed by atoms with van der Waals surface area (Å²) in [7, 11) is 1.33. The van der Waals surface area contributed by atoms with Crippen molar-refractivity contribution < 1.29 is 14.3 Å². The number of methoxy groups -OCH3 is 1. The third-order valence-electron chi connectivity index (χ3n) is 4.86. The molecule has 1 heterocycles. The second kappa shape index (κ2) is 9.33. The summed E-state index contributed by atoms with van der Waals surface area (Å²) in [5.74, 6) is -0.623. The van der Waals surface area contributed by atoms with Crippen LogP contribution >= 0.6 is 0 Å². The minimum atomic E-state index is -0.427. The first-order valence-corrected chi connectivity index (χ1v) is 9.47. The van der Waals surface area contributed by atoms with Crippen LogP contribution in [0, 0.1) is 0 Å². The molecular weight excluding hydrogens is 340 g/mol. The fourth-order valence-corrected chi connectivity index (χ4v) is 3.36. The minimum absolute atomic E-state index is 0.196. The van der Waals surface area contributed by atoms with Gasteiger partial charge in [0.15, 0.2) is 0 Å². The molecule has 5 nitrogen and oxygen atoms in total. The summed E-state index contributed by atoms with van der Waals surface area (Å²) in [6, 6.07) is 14.5. The molecule has 142 valence electrons. The number of hydrogen-bond acceptors (Lipinski definition) is 4. The highest BCUT2D eigenvalue weighted by Crippen LogP contribution is 2.16. The van der Waals surface area contributed by atoms with Crippen molar-refractivity contribution in [1.82, 2.24) is 4.90 Å². The van der Waals surface area contributed by atoms with Gasteiger partial charge in [0.05, 0.1) is 12.7 Å². The molecule has 1 aliphatic rings. The van der Waals surface area contributed by atoms with E-state index < -0.39 is 5.97 Å². The molecule has 0 aliphatic carbocycles. The molecule has 0 unspecified atom stereocenters. The Kier molecular flexibility index (Phi) is 6.60. The van der Waals surface area contributed by atoms with E-state index >= 15 is 0 Å². The Morgan fingerprint density at radius 3 is 2.33 bits per heavy atom. The number of amides is 1. The number of nitrogens with one attached hydrogen (secondary N) is 1. The predicted octanol–water partition coefficient (Wildman–Crippen LogP) is 4.10. The highest BCUT2D eigenvalue weighted by Gasteiger charge is 2.12. The Labute approximate surface area is 160 Å². The van der Waals surface area contributed by atoms with Crippen LogP contribution in [-0.2, 0) is 11.3 Å². The number of hydrogen-bond donors (Lipinski definition) is 1. The van der Waals surface area contributed by atoms with Gasteiger partial charge in [0.2, 0.25) is 0 Å². The number of rotatable bonds is 5. The topological polar surface area (TPSA) is 58.6 Å². The van der Waals surface area contributed by atoms with Crippen LogP contribution in [0.3, 0.4) is 0 Å². The van der Waals surface area contributed by atoms with E-state index in [1.807, 2.05) is 24.3 Å². The van der Waals surface area contributed by atoms with Crippen molar-refractivity contribution in [2.75, 3.05) is 25.5 Å². The molecule has 0 atom stereocenters. The molecule has 1 N–H and O–H groups in total. The van der Waals surface area contributed by atoms with Crippen LogP contribution in [0.2, 0.25) is 0 Å². The largest absolute Gasteiger partial charge is 0.465 e. The summed E-state index contributed by atoms with van der Waals surface area (Å²) in [6.45, 7) is 3.24. The van der Waals surface area contributed by atoms with Crippen molar-refractivity contribution in [2.45, 2.75) is 32.2 Å². The second-order valence-corrected chi connectivity index (χ2v) is 6.91. The number of nitrogens with zero attached hydrogens (tertiary/aromatic N) is 1. The lowest BCUT2D eigenvalue weighted by atomic mass is 10.1. The van der Waals surface area contributed by atoms with E-state index in [9.17, 15) is 9.59 Å². The number of carbonyl (C=O) groups excluding carboxylic acids is 2. The van der Waals surface area contributed by atoms with Gasteiger partial charge in [-0.1, -0.05) is 31.0 Å². The zero-order chi connectivity index (χ0) is 19.1. The van der Waals surface area contributed by atoms with Gasteiger partial charge >= 0.3 is 5.97 Å². The smallest absolute Gasteiger partial charge is 0.337 e. The van der Waals surface area contributed by atoms with Gasteiger partial charge in [-0.2, -0.15) is 0 Å². The van der Waals surface area contributed by atoms with Crippen molar-refractivity contribution in [2.24, 2.45) is 0 Å². The Morgan fingerprint density at radius 1 is 0.963 bits per heavy atom. The van der Waals surface area contributed by atoms with Crippen molar-refractivity contribution in [3.05, 3.63) is 65.2 Å². The lowest BCUT2D eigenvalue weighted by molar-refractivity contribution is 0.0600. The summed E-state index contributed by atoms with van der Waals surface area (Å²) in [5.41, 5.74) is 2.79. The van der Waals surface area contributed by atoms with E-state index in [1.165, 1.54) is 38.4 Å². The van der Waals surface area contributed by atoms with Gasteiger partial charge in [0.25, 0.3) is 5.91 Å². The molecule has 27 heavy (non-hydrogen) atoms. The number of carbonyl (C=O) groups is 2. The summed E-state index contributed by atoms with van der Waals surface area (Å²) < 4.78 is 4.71. The number of benzene rings is 2. The fraction of sp³-hybridized carbons (Fsp3) is 0.364. The van der Waals surface area contributed by atoms with Gasteiger partial charge < -0.3 is 10.1 Å². The maximum atomic E-state index is 12.5. The molecule has 5 heteroatoms. The SMILES string of the molecule is COC(=O)c1cccc(NC(=O)c2ccc(CN3CCCCCC3)cc2)c1. The van der Waals surface area contributed by atoms with Crippen molar-refractivity contribution >= 4 is 17.6 Å². The lowest BCUT2D eigenvalue weighted by Crippen LogP contribution is -2.24. The van der Waals surface area contributed by atoms with Gasteiger partial charge in [-0.3, -0.25) is 9.69 Å². The monoisotopic (exact) mass is 366 g/mol. The fourth-order valence-electron chi connectivity index (χ4n) is 3.36. The van der Waals surface area contributed by atoms with Gasteiger partial charge in [-0.25, -0.2) is 4.79 Å². The first-order valence-electron chi connectivity index (χ1n) is 9.47. The second-order valence-electron chi connectivity index (χ2n) is 6.91. The summed E-state index contributed by atoms with van der Waals surface area (Å²) in [5, 5.41) is 2.83. The van der Waals surface area contributed by atoms with Gasteiger partial charge in [0, 0.05) is 17.8 Å². The molecule has 2 aromatic rings. The van der Waals surface area contributed by atoms with E-state index in [0.717, 1.165) is 19.6 Å². The predicted molar refractivity (Wildman–Crippen MR) is 106 cm³/mol. The van der Waals surface area contributed by atoms with Gasteiger partial charge in [0.1, 0.15) is 0 Å². The van der Waals surface area contributed by atoms with Crippen LogP contribution < -0.4 is 5.32 Å². The zero-order valence-corrected chi connectivity index (χ0v) is 15.7.